The maximum Gasteiger partial charge on any atom is 0.290 e. The normalized spacial score (nSPS) is 15.1. The zero-order chi connectivity index (χ0) is 24.0. The maximum absolute atomic E-state index is 13.7. The Labute approximate surface area is 200 Å². The van der Waals surface area contributed by atoms with Gasteiger partial charge in [0.1, 0.15) is 17.1 Å². The van der Waals surface area contributed by atoms with Crippen LogP contribution in [0.1, 0.15) is 38.9 Å². The van der Waals surface area contributed by atoms with Crippen LogP contribution in [0.25, 0.3) is 11.0 Å². The second-order valence-corrected chi connectivity index (χ2v) is 8.73. The van der Waals surface area contributed by atoms with Crippen molar-refractivity contribution in [3.8, 4) is 5.75 Å². The molecule has 0 N–H and O–H groups in total. The minimum absolute atomic E-state index is 0.0169. The molecule has 1 atom stereocenters. The van der Waals surface area contributed by atoms with Gasteiger partial charge < -0.3 is 14.1 Å². The lowest BCUT2D eigenvalue weighted by Gasteiger charge is -2.25. The number of carbonyl (C=O) groups is 1. The Bertz CT molecular complexity index is 1460. The van der Waals surface area contributed by atoms with Crippen LogP contribution in [0.15, 0.2) is 69.9 Å². The summed E-state index contributed by atoms with van der Waals surface area (Å²) in [5.41, 5.74) is 2.64. The number of aryl methyl sites for hydroxylation is 1. The Morgan fingerprint density at radius 1 is 1.06 bits per heavy atom. The second kappa shape index (κ2) is 8.61. The first-order valence-electron chi connectivity index (χ1n) is 10.8. The summed E-state index contributed by atoms with van der Waals surface area (Å²) in [6.45, 7) is 2.15. The maximum atomic E-state index is 13.7. The Morgan fingerprint density at radius 2 is 1.76 bits per heavy atom. The molecule has 5 rings (SSSR count). The van der Waals surface area contributed by atoms with Crippen molar-refractivity contribution >= 4 is 28.5 Å². The van der Waals surface area contributed by atoms with Gasteiger partial charge in [-0.05, 0) is 66.4 Å². The number of carbonyl (C=O) groups excluding carboxylic acids is 1. The van der Waals surface area contributed by atoms with Gasteiger partial charge in [-0.25, -0.2) is 4.39 Å². The van der Waals surface area contributed by atoms with Gasteiger partial charge >= 0.3 is 0 Å². The second-order valence-electron chi connectivity index (χ2n) is 8.32. The summed E-state index contributed by atoms with van der Waals surface area (Å²) < 4.78 is 24.8. The molecule has 1 aliphatic heterocycles. The van der Waals surface area contributed by atoms with Gasteiger partial charge in [-0.3, -0.25) is 9.59 Å². The van der Waals surface area contributed by atoms with Gasteiger partial charge in [0.25, 0.3) is 5.91 Å². The first kappa shape index (κ1) is 22.2. The van der Waals surface area contributed by atoms with Crippen LogP contribution in [0.2, 0.25) is 5.02 Å². The van der Waals surface area contributed by atoms with Gasteiger partial charge in [-0.15, -0.1) is 0 Å². The fraction of sp³-hybridized carbons (Fsp3) is 0.185. The van der Waals surface area contributed by atoms with Crippen molar-refractivity contribution in [1.29, 1.82) is 0 Å². The average molecular weight is 478 g/mol. The molecule has 0 aliphatic carbocycles. The van der Waals surface area contributed by atoms with E-state index < -0.39 is 11.9 Å². The van der Waals surface area contributed by atoms with Crippen molar-refractivity contribution in [2.24, 2.45) is 0 Å². The zero-order valence-electron chi connectivity index (χ0n) is 18.6. The largest absolute Gasteiger partial charge is 0.497 e. The van der Waals surface area contributed by atoms with Gasteiger partial charge in [0.05, 0.1) is 24.1 Å². The molecule has 1 aromatic heterocycles. The third-order valence-electron chi connectivity index (χ3n) is 6.23. The number of rotatable bonds is 5. The third kappa shape index (κ3) is 3.74. The fourth-order valence-corrected chi connectivity index (χ4v) is 4.57. The molecule has 1 aliphatic rings. The number of halogens is 2. The van der Waals surface area contributed by atoms with E-state index in [0.29, 0.717) is 34.5 Å². The summed E-state index contributed by atoms with van der Waals surface area (Å²) in [6, 6.07) is 16.0. The van der Waals surface area contributed by atoms with E-state index in [-0.39, 0.29) is 22.7 Å². The first-order chi connectivity index (χ1) is 16.4. The van der Waals surface area contributed by atoms with Crippen LogP contribution in [0.5, 0.6) is 5.75 Å². The van der Waals surface area contributed by atoms with Crippen LogP contribution in [-0.2, 0) is 6.42 Å². The van der Waals surface area contributed by atoms with Crippen LogP contribution in [0.4, 0.5) is 4.39 Å². The Hall–Kier alpha value is -3.64. The Balaban J connectivity index is 1.61. The Morgan fingerprint density at radius 3 is 2.44 bits per heavy atom. The molecule has 34 heavy (non-hydrogen) atoms. The minimum atomic E-state index is -0.693. The van der Waals surface area contributed by atoms with E-state index in [4.69, 9.17) is 20.8 Å². The average Bonchev–Trinajstić information content (AvgIpc) is 3.11. The molecule has 0 radical (unpaired) electrons. The summed E-state index contributed by atoms with van der Waals surface area (Å²) in [7, 11) is 1.60. The van der Waals surface area contributed by atoms with Crippen LogP contribution in [-0.4, -0.2) is 24.5 Å². The standard InChI is InChI=1S/C27H21ClFNO4/c1-15-13-22-20(14-21(15)28)25(31)23-24(17-5-7-18(29)8-6-17)30(27(32)26(23)34-22)12-11-16-3-9-19(33-2)10-4-16/h3-10,13-14,24H,11-12H2,1-2H3/t24-/m1/s1. The van der Waals surface area contributed by atoms with Gasteiger partial charge in [0.2, 0.25) is 5.76 Å². The van der Waals surface area contributed by atoms with Crippen LogP contribution in [0, 0.1) is 12.7 Å². The number of amides is 1. The molecule has 1 amide bonds. The number of hydrogen-bond donors (Lipinski definition) is 0. The highest BCUT2D eigenvalue weighted by Crippen LogP contribution is 2.38. The van der Waals surface area contributed by atoms with Crippen molar-refractivity contribution in [2.75, 3.05) is 13.7 Å². The highest BCUT2D eigenvalue weighted by atomic mass is 35.5. The smallest absolute Gasteiger partial charge is 0.290 e. The lowest BCUT2D eigenvalue weighted by molar-refractivity contribution is 0.0730. The number of hydrogen-bond acceptors (Lipinski definition) is 4. The SMILES string of the molecule is COc1ccc(CCN2C(=O)c3oc4cc(C)c(Cl)cc4c(=O)c3[C@H]2c2ccc(F)cc2)cc1. The molecule has 7 heteroatoms. The monoisotopic (exact) mass is 477 g/mol. The highest BCUT2D eigenvalue weighted by molar-refractivity contribution is 6.32. The summed E-state index contributed by atoms with van der Waals surface area (Å²) in [5.74, 6) is -0.00775. The molecule has 0 unspecified atom stereocenters. The fourth-order valence-electron chi connectivity index (χ4n) is 4.40. The molecule has 0 saturated carbocycles. The first-order valence-corrected chi connectivity index (χ1v) is 11.2. The van der Waals surface area contributed by atoms with E-state index in [1.807, 2.05) is 24.3 Å². The van der Waals surface area contributed by atoms with E-state index in [0.717, 1.165) is 16.9 Å². The summed E-state index contributed by atoms with van der Waals surface area (Å²) in [6.07, 6.45) is 0.556. The lowest BCUT2D eigenvalue weighted by Crippen LogP contribution is -2.31. The van der Waals surface area contributed by atoms with Crippen LogP contribution in [0.3, 0.4) is 0 Å². The number of methoxy groups -OCH3 is 1. The molecular weight excluding hydrogens is 457 g/mol. The van der Waals surface area contributed by atoms with E-state index in [2.05, 4.69) is 0 Å². The zero-order valence-corrected chi connectivity index (χ0v) is 19.4. The molecule has 172 valence electrons. The van der Waals surface area contributed by atoms with Gasteiger partial charge in [0.15, 0.2) is 5.43 Å². The molecule has 0 spiro atoms. The summed E-state index contributed by atoms with van der Waals surface area (Å²) >= 11 is 6.27. The number of ether oxygens (including phenoxy) is 1. The van der Waals surface area contributed by atoms with E-state index in [9.17, 15) is 14.0 Å². The summed E-state index contributed by atoms with van der Waals surface area (Å²) in [4.78, 5) is 28.7. The van der Waals surface area contributed by atoms with Gasteiger partial charge in [0, 0.05) is 11.6 Å². The predicted molar refractivity (Wildman–Crippen MR) is 128 cm³/mol. The quantitative estimate of drug-likeness (QED) is 0.370. The van der Waals surface area contributed by atoms with E-state index >= 15 is 0 Å². The van der Waals surface area contributed by atoms with Crippen molar-refractivity contribution in [3.05, 3.63) is 110 Å². The van der Waals surface area contributed by atoms with Crippen molar-refractivity contribution < 1.29 is 18.3 Å². The molecule has 0 bridgehead atoms. The molecule has 0 saturated heterocycles. The molecular formula is C27H21ClFNO4. The highest BCUT2D eigenvalue weighted by Gasteiger charge is 2.42. The molecule has 0 fully saturated rings. The number of benzene rings is 3. The summed E-state index contributed by atoms with van der Waals surface area (Å²) in [5, 5.41) is 0.755. The molecule has 2 heterocycles. The number of nitrogens with zero attached hydrogens (tertiary/aromatic N) is 1. The van der Waals surface area contributed by atoms with E-state index in [1.54, 1.807) is 43.2 Å². The van der Waals surface area contributed by atoms with Crippen LogP contribution >= 0.6 is 11.6 Å². The lowest BCUT2D eigenvalue weighted by atomic mass is 9.98. The van der Waals surface area contributed by atoms with Crippen molar-refractivity contribution in [3.63, 3.8) is 0 Å². The minimum Gasteiger partial charge on any atom is -0.497 e. The van der Waals surface area contributed by atoms with Crippen molar-refractivity contribution in [1.82, 2.24) is 4.90 Å². The molecule has 3 aromatic carbocycles. The van der Waals surface area contributed by atoms with Gasteiger partial charge in [-0.1, -0.05) is 35.9 Å². The van der Waals surface area contributed by atoms with Crippen molar-refractivity contribution in [2.45, 2.75) is 19.4 Å². The number of fused-ring (bicyclic) bond motifs is 2. The molecule has 5 nitrogen and oxygen atoms in total. The molecule has 4 aromatic rings. The van der Waals surface area contributed by atoms with E-state index in [1.165, 1.54) is 12.1 Å². The predicted octanol–water partition coefficient (Wildman–Crippen LogP) is 5.69. The van der Waals surface area contributed by atoms with Gasteiger partial charge in [-0.2, -0.15) is 0 Å². The topological polar surface area (TPSA) is 59.8 Å². The third-order valence-corrected chi connectivity index (χ3v) is 6.64. The Kier molecular flexibility index (Phi) is 5.62. The van der Waals surface area contributed by atoms with Crippen LogP contribution < -0.4 is 10.2 Å².